The Labute approximate surface area is 243 Å². The molecular weight excluding hydrogens is 538 g/mol. The number of carbonyl (C=O) groups excluding carboxylic acids is 1. The fourth-order valence-electron chi connectivity index (χ4n) is 6.95. The molecule has 3 N–H and O–H groups in total. The quantitative estimate of drug-likeness (QED) is 0.316. The van der Waals surface area contributed by atoms with Crippen LogP contribution in [0.2, 0.25) is 0 Å². The van der Waals surface area contributed by atoms with Crippen molar-refractivity contribution >= 4 is 22.6 Å². The number of benzene rings is 2. The molecule has 3 aliphatic heterocycles. The second-order valence-corrected chi connectivity index (χ2v) is 11.5. The molecule has 42 heavy (non-hydrogen) atoms. The second kappa shape index (κ2) is 10.2. The van der Waals surface area contributed by atoms with Crippen LogP contribution in [0.3, 0.4) is 0 Å². The van der Waals surface area contributed by atoms with Gasteiger partial charge in [-0.1, -0.05) is 11.2 Å². The van der Waals surface area contributed by atoms with Gasteiger partial charge in [0.2, 0.25) is 6.79 Å². The number of aliphatic hydroxyl groups is 1. The molecule has 0 unspecified atom stereocenters. The number of aryl methyl sites for hydroxylation is 2. The van der Waals surface area contributed by atoms with Gasteiger partial charge in [-0.2, -0.15) is 0 Å². The summed E-state index contributed by atoms with van der Waals surface area (Å²) < 4.78 is 21.9. The fourth-order valence-corrected chi connectivity index (χ4v) is 6.95. The standard InChI is InChI=1S/C31H35N5O6/c1-18-28(19(2)42-34-18)33-30(38)35-10-8-31(9-11-35)16-36(14-20-4-7-25-26(12-20)41-17-40-25)24(15-37)29-27(31)22-6-5-21(39-3)13-23(22)32-29/h4-7,12-13,24,32,37H,8-11,14-17H2,1-3H3,(H,33,38)/t24-/m0/s1. The molecule has 3 aliphatic rings. The smallest absolute Gasteiger partial charge is 0.321 e. The number of ether oxygens (including phenoxy) is 3. The summed E-state index contributed by atoms with van der Waals surface area (Å²) >= 11 is 0. The Hall–Kier alpha value is -4.22. The minimum absolute atomic E-state index is 0.0242. The third-order valence-corrected chi connectivity index (χ3v) is 9.11. The molecular formula is C31H35N5O6. The molecule has 1 spiro atoms. The number of methoxy groups -OCH3 is 1. The normalized spacial score (nSPS) is 19.3. The number of hydrogen-bond acceptors (Lipinski definition) is 8. The van der Waals surface area contributed by atoms with Crippen molar-refractivity contribution in [1.82, 2.24) is 19.9 Å². The Morgan fingerprint density at radius 2 is 1.98 bits per heavy atom. The largest absolute Gasteiger partial charge is 0.497 e. The van der Waals surface area contributed by atoms with Crippen molar-refractivity contribution in [2.45, 2.75) is 44.7 Å². The van der Waals surface area contributed by atoms with Gasteiger partial charge in [0.1, 0.15) is 17.1 Å². The van der Waals surface area contributed by atoms with Crippen LogP contribution in [0.25, 0.3) is 10.9 Å². The van der Waals surface area contributed by atoms with Crippen LogP contribution in [0.4, 0.5) is 10.5 Å². The third kappa shape index (κ3) is 4.35. The number of rotatable bonds is 5. The van der Waals surface area contributed by atoms with E-state index in [0.29, 0.717) is 36.8 Å². The third-order valence-electron chi connectivity index (χ3n) is 9.11. The maximum atomic E-state index is 13.3. The van der Waals surface area contributed by atoms with Gasteiger partial charge in [-0.15, -0.1) is 0 Å². The van der Waals surface area contributed by atoms with Crippen molar-refractivity contribution in [3.63, 3.8) is 0 Å². The predicted molar refractivity (Wildman–Crippen MR) is 155 cm³/mol. The fraction of sp³-hybridized carbons (Fsp3) is 0.419. The van der Waals surface area contributed by atoms with Crippen molar-refractivity contribution < 1.29 is 28.6 Å². The topological polar surface area (TPSA) is 125 Å². The lowest BCUT2D eigenvalue weighted by molar-refractivity contribution is 0.0495. The van der Waals surface area contributed by atoms with E-state index in [1.54, 1.807) is 14.0 Å². The Morgan fingerprint density at radius 1 is 1.17 bits per heavy atom. The summed E-state index contributed by atoms with van der Waals surface area (Å²) in [5.74, 6) is 2.87. The summed E-state index contributed by atoms with van der Waals surface area (Å²) in [5, 5.41) is 18.8. The van der Waals surface area contributed by atoms with Crippen LogP contribution >= 0.6 is 0 Å². The number of nitrogens with one attached hydrogen (secondary N) is 2. The Balaban J connectivity index is 1.22. The van der Waals surface area contributed by atoms with Gasteiger partial charge in [0, 0.05) is 54.3 Å². The Kier molecular flexibility index (Phi) is 6.51. The van der Waals surface area contributed by atoms with Crippen molar-refractivity contribution in [3.8, 4) is 17.2 Å². The monoisotopic (exact) mass is 573 g/mol. The van der Waals surface area contributed by atoms with E-state index in [9.17, 15) is 9.90 Å². The van der Waals surface area contributed by atoms with E-state index in [-0.39, 0.29) is 30.9 Å². The molecule has 7 rings (SSSR count). The number of carbonyl (C=O) groups is 1. The highest BCUT2D eigenvalue weighted by molar-refractivity contribution is 5.91. The molecule has 11 heteroatoms. The number of aliphatic hydroxyl groups excluding tert-OH is 1. The Bertz CT molecular complexity index is 1630. The molecule has 2 aromatic heterocycles. The van der Waals surface area contributed by atoms with Crippen LogP contribution in [0.1, 0.15) is 47.2 Å². The first-order valence-corrected chi connectivity index (χ1v) is 14.3. The predicted octanol–water partition coefficient (Wildman–Crippen LogP) is 4.62. The number of amides is 2. The molecule has 0 aliphatic carbocycles. The second-order valence-electron chi connectivity index (χ2n) is 11.5. The van der Waals surface area contributed by atoms with Crippen molar-refractivity contribution in [2.75, 3.05) is 45.5 Å². The van der Waals surface area contributed by atoms with Crippen LogP contribution in [-0.2, 0) is 12.0 Å². The SMILES string of the molecule is COc1ccc2c3c([nH]c2c1)[C@H](CO)N(Cc1ccc2c(c1)OCO2)CC31CCN(C(=O)Nc2c(C)noc2C)CC1. The van der Waals surface area contributed by atoms with Crippen LogP contribution in [0, 0.1) is 13.8 Å². The first-order chi connectivity index (χ1) is 20.4. The van der Waals surface area contributed by atoms with Gasteiger partial charge in [0.15, 0.2) is 17.3 Å². The number of aromatic nitrogens is 2. The van der Waals surface area contributed by atoms with Gasteiger partial charge in [-0.05, 0) is 62.1 Å². The summed E-state index contributed by atoms with van der Waals surface area (Å²) in [6.45, 7) is 6.40. The molecule has 2 amide bonds. The number of likely N-dealkylation sites (tertiary alicyclic amines) is 1. The van der Waals surface area contributed by atoms with Crippen LogP contribution in [0.5, 0.6) is 17.2 Å². The zero-order valence-corrected chi connectivity index (χ0v) is 24.0. The molecule has 220 valence electrons. The van der Waals surface area contributed by atoms with E-state index in [4.69, 9.17) is 18.7 Å². The Morgan fingerprint density at radius 3 is 2.71 bits per heavy atom. The zero-order valence-electron chi connectivity index (χ0n) is 24.0. The van der Waals surface area contributed by atoms with Crippen molar-refractivity contribution in [1.29, 1.82) is 0 Å². The number of nitrogens with zero attached hydrogens (tertiary/aromatic N) is 3. The maximum absolute atomic E-state index is 13.3. The molecule has 4 aromatic rings. The minimum Gasteiger partial charge on any atom is -0.497 e. The van der Waals surface area contributed by atoms with E-state index < -0.39 is 0 Å². The highest BCUT2D eigenvalue weighted by Crippen LogP contribution is 2.49. The summed E-state index contributed by atoms with van der Waals surface area (Å²) in [6.07, 6.45) is 1.56. The summed E-state index contributed by atoms with van der Waals surface area (Å²) in [5.41, 5.74) is 5.42. The van der Waals surface area contributed by atoms with Crippen LogP contribution in [0.15, 0.2) is 40.9 Å². The van der Waals surface area contributed by atoms with E-state index in [1.807, 2.05) is 36.1 Å². The zero-order chi connectivity index (χ0) is 29.0. The number of piperidine rings is 1. The number of aromatic amines is 1. The van der Waals surface area contributed by atoms with E-state index in [2.05, 4.69) is 32.5 Å². The van der Waals surface area contributed by atoms with Gasteiger partial charge < -0.3 is 39.0 Å². The average molecular weight is 574 g/mol. The van der Waals surface area contributed by atoms with E-state index >= 15 is 0 Å². The average Bonchev–Trinajstić information content (AvgIpc) is 3.71. The summed E-state index contributed by atoms with van der Waals surface area (Å²) in [4.78, 5) is 21.2. The summed E-state index contributed by atoms with van der Waals surface area (Å²) in [7, 11) is 1.67. The van der Waals surface area contributed by atoms with E-state index in [1.165, 1.54) is 5.56 Å². The number of hydrogen-bond donors (Lipinski definition) is 3. The number of urea groups is 1. The van der Waals surface area contributed by atoms with Crippen LogP contribution in [-0.4, -0.2) is 71.2 Å². The van der Waals surface area contributed by atoms with Gasteiger partial charge in [-0.3, -0.25) is 4.90 Å². The number of fused-ring (bicyclic) bond motifs is 5. The van der Waals surface area contributed by atoms with Gasteiger partial charge in [0.25, 0.3) is 0 Å². The van der Waals surface area contributed by atoms with Crippen molar-refractivity contribution in [3.05, 3.63) is 64.7 Å². The molecule has 2 aromatic carbocycles. The maximum Gasteiger partial charge on any atom is 0.321 e. The van der Waals surface area contributed by atoms with Gasteiger partial charge in [-0.25, -0.2) is 4.79 Å². The molecule has 5 heterocycles. The molecule has 0 radical (unpaired) electrons. The first-order valence-electron chi connectivity index (χ1n) is 14.3. The molecule has 1 fully saturated rings. The first kappa shape index (κ1) is 26.7. The lowest BCUT2D eigenvalue weighted by atomic mass is 9.68. The number of anilines is 1. The lowest BCUT2D eigenvalue weighted by Gasteiger charge is -2.50. The molecule has 1 atom stereocenters. The lowest BCUT2D eigenvalue weighted by Crippen LogP contribution is -2.54. The van der Waals surface area contributed by atoms with Gasteiger partial charge in [0.05, 0.1) is 19.8 Å². The van der Waals surface area contributed by atoms with Gasteiger partial charge >= 0.3 is 6.03 Å². The molecule has 1 saturated heterocycles. The van der Waals surface area contributed by atoms with E-state index in [0.717, 1.165) is 58.8 Å². The highest BCUT2D eigenvalue weighted by atomic mass is 16.7. The van der Waals surface area contributed by atoms with Crippen molar-refractivity contribution in [2.24, 2.45) is 0 Å². The van der Waals surface area contributed by atoms with Crippen LogP contribution < -0.4 is 19.5 Å². The molecule has 11 nitrogen and oxygen atoms in total. The number of H-pyrrole nitrogens is 1. The highest BCUT2D eigenvalue weighted by Gasteiger charge is 2.48. The molecule has 0 bridgehead atoms. The molecule has 0 saturated carbocycles. The minimum atomic E-state index is -0.218. The summed E-state index contributed by atoms with van der Waals surface area (Å²) in [6, 6.07) is 11.8.